The molecule has 2 fully saturated rings. The van der Waals surface area contributed by atoms with E-state index in [1.165, 1.54) is 12.4 Å². The normalized spacial score (nSPS) is 21.4. The van der Waals surface area contributed by atoms with Crippen LogP contribution in [0.15, 0.2) is 41.1 Å². The number of hydrogen-bond donors (Lipinski definition) is 0. The zero-order chi connectivity index (χ0) is 21.1. The molecular weight excluding hydrogens is 450 g/mol. The highest BCUT2D eigenvalue weighted by atomic mass is 79.9. The van der Waals surface area contributed by atoms with Crippen LogP contribution in [0.5, 0.6) is 5.88 Å². The fourth-order valence-electron chi connectivity index (χ4n) is 3.91. The first kappa shape index (κ1) is 20.3. The first-order valence-electron chi connectivity index (χ1n) is 9.77. The molecule has 2 saturated heterocycles. The first-order chi connectivity index (χ1) is 14.5. The number of halogens is 1. The average molecular weight is 470 g/mol. The van der Waals surface area contributed by atoms with E-state index in [0.29, 0.717) is 19.6 Å². The molecule has 2 aliphatic heterocycles. The van der Waals surface area contributed by atoms with Gasteiger partial charge >= 0.3 is 0 Å². The molecule has 2 aromatic rings. The Labute approximate surface area is 182 Å². The first-order valence-corrected chi connectivity index (χ1v) is 10.6. The summed E-state index contributed by atoms with van der Waals surface area (Å²) < 4.78 is 6.76. The number of carbonyl (C=O) groups is 2. The Morgan fingerprint density at radius 1 is 1.27 bits per heavy atom. The van der Waals surface area contributed by atoms with E-state index in [4.69, 9.17) is 10.00 Å². The van der Waals surface area contributed by atoms with E-state index in [0.717, 1.165) is 23.0 Å². The van der Waals surface area contributed by atoms with Crippen LogP contribution in [-0.4, -0.2) is 52.4 Å². The van der Waals surface area contributed by atoms with Gasteiger partial charge < -0.3 is 14.5 Å². The number of ether oxygens (including phenoxy) is 1. The van der Waals surface area contributed by atoms with Gasteiger partial charge in [0.15, 0.2) is 0 Å². The largest absolute Gasteiger partial charge is 0.470 e. The molecule has 9 heteroatoms. The molecule has 1 aromatic heterocycles. The Morgan fingerprint density at radius 2 is 2.10 bits per heavy atom. The number of amides is 2. The van der Waals surface area contributed by atoms with Crippen molar-refractivity contribution < 1.29 is 14.3 Å². The van der Waals surface area contributed by atoms with Gasteiger partial charge in [-0.1, -0.05) is 22.0 Å². The van der Waals surface area contributed by atoms with Crippen molar-refractivity contribution >= 4 is 33.4 Å². The third-order valence-electron chi connectivity index (χ3n) is 5.33. The quantitative estimate of drug-likeness (QED) is 0.681. The van der Waals surface area contributed by atoms with Crippen molar-refractivity contribution in [2.75, 3.05) is 24.5 Å². The third-order valence-corrected chi connectivity index (χ3v) is 5.83. The van der Waals surface area contributed by atoms with Crippen molar-refractivity contribution in [2.24, 2.45) is 5.92 Å². The number of rotatable bonds is 4. The van der Waals surface area contributed by atoms with Crippen molar-refractivity contribution in [2.45, 2.75) is 25.4 Å². The van der Waals surface area contributed by atoms with E-state index in [2.05, 4.69) is 25.9 Å². The fraction of sp³-hybridized carbons (Fsp3) is 0.381. The van der Waals surface area contributed by atoms with Crippen molar-refractivity contribution in [1.29, 1.82) is 5.26 Å². The maximum atomic E-state index is 13.1. The number of likely N-dealkylation sites (tertiary alicyclic amines) is 1. The van der Waals surface area contributed by atoms with Crippen LogP contribution in [0.2, 0.25) is 0 Å². The van der Waals surface area contributed by atoms with E-state index < -0.39 is 0 Å². The van der Waals surface area contributed by atoms with E-state index in [9.17, 15) is 9.59 Å². The zero-order valence-electron chi connectivity index (χ0n) is 16.2. The lowest BCUT2D eigenvalue weighted by Gasteiger charge is -2.34. The molecule has 0 saturated carbocycles. The van der Waals surface area contributed by atoms with Crippen LogP contribution in [-0.2, 0) is 9.59 Å². The highest BCUT2D eigenvalue weighted by Crippen LogP contribution is 2.29. The second kappa shape index (κ2) is 8.79. The maximum absolute atomic E-state index is 13.1. The molecule has 30 heavy (non-hydrogen) atoms. The Hall–Kier alpha value is -2.99. The number of piperidine rings is 1. The van der Waals surface area contributed by atoms with Gasteiger partial charge in [-0.15, -0.1) is 0 Å². The number of nitriles is 1. The lowest BCUT2D eigenvalue weighted by molar-refractivity contribution is -0.138. The summed E-state index contributed by atoms with van der Waals surface area (Å²) in [5.41, 5.74) is 0.920. The molecule has 0 spiro atoms. The smallest absolute Gasteiger partial charge is 0.251 e. The number of hydrogen-bond acceptors (Lipinski definition) is 6. The van der Waals surface area contributed by atoms with Crippen molar-refractivity contribution in [3.05, 3.63) is 46.8 Å². The molecule has 0 bridgehead atoms. The summed E-state index contributed by atoms with van der Waals surface area (Å²) in [6, 6.07) is 9.48. The van der Waals surface area contributed by atoms with Crippen LogP contribution in [0.4, 0.5) is 5.69 Å². The average Bonchev–Trinajstić information content (AvgIpc) is 3.15. The Kier molecular flexibility index (Phi) is 5.95. The predicted molar refractivity (Wildman–Crippen MR) is 112 cm³/mol. The van der Waals surface area contributed by atoms with E-state index >= 15 is 0 Å². The van der Waals surface area contributed by atoms with Gasteiger partial charge in [0.1, 0.15) is 12.2 Å². The molecule has 1 aromatic carbocycles. The fourth-order valence-corrected chi connectivity index (χ4v) is 4.29. The van der Waals surface area contributed by atoms with Gasteiger partial charge in [0.2, 0.25) is 17.5 Å². The molecule has 154 valence electrons. The summed E-state index contributed by atoms with van der Waals surface area (Å²) in [6.45, 7) is 1.41. The van der Waals surface area contributed by atoms with E-state index in [1.807, 2.05) is 30.3 Å². The molecule has 8 nitrogen and oxygen atoms in total. The van der Waals surface area contributed by atoms with Crippen LogP contribution in [0.3, 0.4) is 0 Å². The van der Waals surface area contributed by atoms with Gasteiger partial charge in [-0.3, -0.25) is 9.59 Å². The van der Waals surface area contributed by atoms with E-state index in [-0.39, 0.29) is 41.8 Å². The molecule has 3 heterocycles. The summed E-state index contributed by atoms with van der Waals surface area (Å²) in [6.07, 6.45) is 4.41. The molecule has 0 radical (unpaired) electrons. The van der Waals surface area contributed by atoms with Crippen LogP contribution in [0.1, 0.15) is 25.0 Å². The van der Waals surface area contributed by atoms with Gasteiger partial charge in [-0.25, -0.2) is 9.97 Å². The molecule has 2 atom stereocenters. The third kappa shape index (κ3) is 4.28. The predicted octanol–water partition coefficient (Wildman–Crippen LogP) is 2.53. The standard InChI is InChI=1S/C21H20BrN5O3/c22-15-3-1-4-16(10-15)27-12-14(9-19(27)28)21(29)26-8-2-5-17(13-26)30-20-18(11-23)24-6-7-25-20/h1,3-4,6-7,10,14,17H,2,5,8-9,12-13H2. The highest BCUT2D eigenvalue weighted by Gasteiger charge is 2.38. The number of benzene rings is 1. The van der Waals surface area contributed by atoms with Gasteiger partial charge in [-0.2, -0.15) is 5.26 Å². The highest BCUT2D eigenvalue weighted by molar-refractivity contribution is 9.10. The van der Waals surface area contributed by atoms with Gasteiger partial charge in [0, 0.05) is 42.1 Å². The summed E-state index contributed by atoms with van der Waals surface area (Å²) in [5.74, 6) is -0.263. The summed E-state index contributed by atoms with van der Waals surface area (Å²) in [5, 5.41) is 9.16. The number of carbonyl (C=O) groups excluding carboxylic acids is 2. The minimum Gasteiger partial charge on any atom is -0.470 e. The lowest BCUT2D eigenvalue weighted by atomic mass is 10.0. The van der Waals surface area contributed by atoms with Crippen LogP contribution < -0.4 is 9.64 Å². The molecule has 2 unspecified atom stereocenters. The maximum Gasteiger partial charge on any atom is 0.251 e. The zero-order valence-corrected chi connectivity index (χ0v) is 17.8. The Morgan fingerprint density at radius 3 is 2.90 bits per heavy atom. The minimum absolute atomic E-state index is 0.0335. The molecule has 0 N–H and O–H groups in total. The SMILES string of the molecule is N#Cc1nccnc1OC1CCCN(C(=O)C2CC(=O)N(c3cccc(Br)c3)C2)C1. The number of anilines is 1. The number of aromatic nitrogens is 2. The lowest BCUT2D eigenvalue weighted by Crippen LogP contribution is -2.47. The Bertz CT molecular complexity index is 1010. The molecular formula is C21H20BrN5O3. The van der Waals surface area contributed by atoms with Crippen molar-refractivity contribution in [3.8, 4) is 11.9 Å². The summed E-state index contributed by atoms with van der Waals surface area (Å²) in [7, 11) is 0. The van der Waals surface area contributed by atoms with Crippen LogP contribution in [0.25, 0.3) is 0 Å². The van der Waals surface area contributed by atoms with Crippen LogP contribution in [0, 0.1) is 17.2 Å². The van der Waals surface area contributed by atoms with Crippen molar-refractivity contribution in [3.63, 3.8) is 0 Å². The second-order valence-corrected chi connectivity index (χ2v) is 8.29. The Balaban J connectivity index is 1.41. The molecule has 2 aliphatic rings. The molecule has 2 amide bonds. The molecule has 0 aliphatic carbocycles. The second-order valence-electron chi connectivity index (χ2n) is 7.37. The van der Waals surface area contributed by atoms with Gasteiger partial charge in [0.25, 0.3) is 5.88 Å². The topological polar surface area (TPSA) is 99.4 Å². The minimum atomic E-state index is -0.374. The summed E-state index contributed by atoms with van der Waals surface area (Å²) >= 11 is 3.42. The van der Waals surface area contributed by atoms with Crippen molar-refractivity contribution in [1.82, 2.24) is 14.9 Å². The summed E-state index contributed by atoms with van der Waals surface area (Å²) in [4.78, 5) is 37.1. The van der Waals surface area contributed by atoms with Crippen LogP contribution >= 0.6 is 15.9 Å². The van der Waals surface area contributed by atoms with Gasteiger partial charge in [0.05, 0.1) is 12.5 Å². The van der Waals surface area contributed by atoms with Gasteiger partial charge in [-0.05, 0) is 31.0 Å². The van der Waals surface area contributed by atoms with E-state index in [1.54, 1.807) is 9.80 Å². The monoisotopic (exact) mass is 469 g/mol. The molecule has 4 rings (SSSR count). The number of nitrogens with zero attached hydrogens (tertiary/aromatic N) is 5.